The van der Waals surface area contributed by atoms with Crippen LogP contribution in [0.2, 0.25) is 0 Å². The maximum Gasteiger partial charge on any atom is 0.244 e. The lowest BCUT2D eigenvalue weighted by Gasteiger charge is -2.12. The minimum absolute atomic E-state index is 0.247. The third-order valence-electron chi connectivity index (χ3n) is 3.40. The molecular weight excluding hydrogens is 245 g/mol. The molecule has 2 N–H and O–H groups in total. The van der Waals surface area contributed by atoms with E-state index in [-0.39, 0.29) is 17.8 Å². The summed E-state index contributed by atoms with van der Waals surface area (Å²) < 4.78 is 18.4. The van der Waals surface area contributed by atoms with Crippen LogP contribution < -0.4 is 5.73 Å². The highest BCUT2D eigenvalue weighted by atomic mass is 19.1. The molecule has 0 amide bonds. The van der Waals surface area contributed by atoms with Crippen LogP contribution in [0.15, 0.2) is 22.7 Å². The summed E-state index contributed by atoms with van der Waals surface area (Å²) in [5.74, 6) is 0.884. The molecule has 0 aliphatic heterocycles. The highest BCUT2D eigenvalue weighted by Crippen LogP contribution is 2.24. The second-order valence-electron chi connectivity index (χ2n) is 4.83. The Morgan fingerprint density at radius 3 is 2.79 bits per heavy atom. The van der Waals surface area contributed by atoms with E-state index in [2.05, 4.69) is 17.1 Å². The van der Waals surface area contributed by atoms with Crippen LogP contribution >= 0.6 is 0 Å². The van der Waals surface area contributed by atoms with Crippen LogP contribution in [0.3, 0.4) is 0 Å². The minimum Gasteiger partial charge on any atom is -0.337 e. The molecule has 2 atom stereocenters. The molecule has 0 aliphatic rings. The Morgan fingerprint density at radius 1 is 1.42 bits per heavy atom. The fraction of sp³-hybridized carbons (Fsp3) is 0.429. The summed E-state index contributed by atoms with van der Waals surface area (Å²) in [7, 11) is 0. The lowest BCUT2D eigenvalue weighted by molar-refractivity contribution is 0.312. The average molecular weight is 263 g/mol. The molecule has 1 aromatic heterocycles. The molecule has 0 saturated carbocycles. The number of nitrogens with two attached hydrogens (primary N) is 1. The molecule has 0 radical (unpaired) electrons. The summed E-state index contributed by atoms with van der Waals surface area (Å²) in [5, 5.41) is 3.91. The summed E-state index contributed by atoms with van der Waals surface area (Å²) in [5.41, 5.74) is 7.32. The van der Waals surface area contributed by atoms with E-state index in [0.29, 0.717) is 17.3 Å². The SMILES string of the molecule is CC[C@H](C)[C@H](N)c1nc(-c2ccc(F)c(C)c2)no1. The summed E-state index contributed by atoms with van der Waals surface area (Å²) >= 11 is 0. The summed E-state index contributed by atoms with van der Waals surface area (Å²) in [6.45, 7) is 5.80. The molecule has 2 aromatic rings. The van der Waals surface area contributed by atoms with Gasteiger partial charge in [0.2, 0.25) is 11.7 Å². The smallest absolute Gasteiger partial charge is 0.244 e. The molecule has 1 heterocycles. The maximum atomic E-state index is 13.2. The molecule has 0 fully saturated rings. The van der Waals surface area contributed by atoms with Crippen molar-refractivity contribution in [3.05, 3.63) is 35.5 Å². The molecule has 0 unspecified atom stereocenters. The second kappa shape index (κ2) is 5.48. The second-order valence-corrected chi connectivity index (χ2v) is 4.83. The van der Waals surface area contributed by atoms with Crippen LogP contribution in [-0.4, -0.2) is 10.1 Å². The number of rotatable bonds is 4. The molecule has 0 spiro atoms. The van der Waals surface area contributed by atoms with Crippen LogP contribution in [0.1, 0.15) is 37.8 Å². The summed E-state index contributed by atoms with van der Waals surface area (Å²) in [6.07, 6.45) is 0.939. The molecule has 102 valence electrons. The fourth-order valence-corrected chi connectivity index (χ4v) is 1.77. The summed E-state index contributed by atoms with van der Waals surface area (Å²) in [4.78, 5) is 4.29. The van der Waals surface area contributed by atoms with E-state index >= 15 is 0 Å². The quantitative estimate of drug-likeness (QED) is 0.919. The summed E-state index contributed by atoms with van der Waals surface area (Å²) in [6, 6.07) is 4.45. The van der Waals surface area contributed by atoms with Gasteiger partial charge in [-0.1, -0.05) is 25.4 Å². The Morgan fingerprint density at radius 2 is 2.16 bits per heavy atom. The number of hydrogen-bond acceptors (Lipinski definition) is 4. The van der Waals surface area contributed by atoms with Crippen molar-refractivity contribution in [1.82, 2.24) is 10.1 Å². The molecule has 5 heteroatoms. The van der Waals surface area contributed by atoms with Crippen molar-refractivity contribution in [2.24, 2.45) is 11.7 Å². The Labute approximate surface area is 111 Å². The first kappa shape index (κ1) is 13.7. The van der Waals surface area contributed by atoms with E-state index in [9.17, 15) is 4.39 Å². The number of aromatic nitrogens is 2. The fourth-order valence-electron chi connectivity index (χ4n) is 1.77. The van der Waals surface area contributed by atoms with Gasteiger partial charge in [0.05, 0.1) is 6.04 Å². The van der Waals surface area contributed by atoms with Crippen LogP contribution in [0.25, 0.3) is 11.4 Å². The normalized spacial score (nSPS) is 14.4. The monoisotopic (exact) mass is 263 g/mol. The number of aryl methyl sites for hydroxylation is 1. The average Bonchev–Trinajstić information content (AvgIpc) is 2.89. The van der Waals surface area contributed by atoms with Gasteiger partial charge < -0.3 is 10.3 Å². The molecule has 4 nitrogen and oxygen atoms in total. The van der Waals surface area contributed by atoms with E-state index in [1.807, 2.05) is 6.92 Å². The molecule has 1 aromatic carbocycles. The first-order chi connectivity index (χ1) is 9.02. The lowest BCUT2D eigenvalue weighted by Crippen LogP contribution is -2.18. The van der Waals surface area contributed by atoms with Gasteiger partial charge in [0.1, 0.15) is 5.82 Å². The standard InChI is InChI=1S/C14H18FN3O/c1-4-8(2)12(16)14-17-13(18-19-14)10-5-6-11(15)9(3)7-10/h5-8,12H,4,16H2,1-3H3/t8-,12-/m0/s1. The van der Waals surface area contributed by atoms with E-state index in [1.165, 1.54) is 6.07 Å². The zero-order chi connectivity index (χ0) is 14.0. The zero-order valence-electron chi connectivity index (χ0n) is 11.4. The third kappa shape index (κ3) is 2.81. The predicted octanol–water partition coefficient (Wildman–Crippen LogP) is 3.23. The van der Waals surface area contributed by atoms with Crippen molar-refractivity contribution >= 4 is 0 Å². The number of halogens is 1. The van der Waals surface area contributed by atoms with Gasteiger partial charge in [-0.3, -0.25) is 0 Å². The van der Waals surface area contributed by atoms with E-state index < -0.39 is 0 Å². The highest BCUT2D eigenvalue weighted by Gasteiger charge is 2.20. The van der Waals surface area contributed by atoms with E-state index in [0.717, 1.165) is 12.0 Å². The predicted molar refractivity (Wildman–Crippen MR) is 70.8 cm³/mol. The topological polar surface area (TPSA) is 64.9 Å². The Hall–Kier alpha value is -1.75. The molecule has 0 aliphatic carbocycles. The van der Waals surface area contributed by atoms with Crippen molar-refractivity contribution in [2.45, 2.75) is 33.2 Å². The number of benzene rings is 1. The Bertz CT molecular complexity index is 568. The van der Waals surface area contributed by atoms with E-state index in [4.69, 9.17) is 10.3 Å². The van der Waals surface area contributed by atoms with Gasteiger partial charge in [0.15, 0.2) is 0 Å². The van der Waals surface area contributed by atoms with E-state index in [1.54, 1.807) is 19.1 Å². The zero-order valence-corrected chi connectivity index (χ0v) is 11.4. The van der Waals surface area contributed by atoms with Crippen molar-refractivity contribution in [3.63, 3.8) is 0 Å². The Kier molecular flexibility index (Phi) is 3.95. The molecule has 0 bridgehead atoms. The van der Waals surface area contributed by atoms with Gasteiger partial charge in [-0.15, -0.1) is 0 Å². The van der Waals surface area contributed by atoms with Crippen molar-refractivity contribution in [1.29, 1.82) is 0 Å². The first-order valence-electron chi connectivity index (χ1n) is 6.38. The van der Waals surface area contributed by atoms with Crippen LogP contribution in [-0.2, 0) is 0 Å². The van der Waals surface area contributed by atoms with Crippen LogP contribution in [0.5, 0.6) is 0 Å². The van der Waals surface area contributed by atoms with Crippen LogP contribution in [0.4, 0.5) is 4.39 Å². The van der Waals surface area contributed by atoms with Crippen molar-refractivity contribution in [3.8, 4) is 11.4 Å². The van der Waals surface area contributed by atoms with Gasteiger partial charge in [0, 0.05) is 5.56 Å². The molecular formula is C14H18FN3O. The van der Waals surface area contributed by atoms with Crippen LogP contribution in [0, 0.1) is 18.7 Å². The Balaban J connectivity index is 2.27. The minimum atomic E-state index is -0.271. The molecule has 0 saturated heterocycles. The van der Waals surface area contributed by atoms with Gasteiger partial charge in [-0.05, 0) is 36.6 Å². The lowest BCUT2D eigenvalue weighted by atomic mass is 10.0. The van der Waals surface area contributed by atoms with Crippen molar-refractivity contribution < 1.29 is 8.91 Å². The number of hydrogen-bond donors (Lipinski definition) is 1. The van der Waals surface area contributed by atoms with Gasteiger partial charge in [-0.25, -0.2) is 4.39 Å². The van der Waals surface area contributed by atoms with Gasteiger partial charge in [-0.2, -0.15) is 4.98 Å². The van der Waals surface area contributed by atoms with Gasteiger partial charge >= 0.3 is 0 Å². The maximum absolute atomic E-state index is 13.2. The largest absolute Gasteiger partial charge is 0.337 e. The van der Waals surface area contributed by atoms with Gasteiger partial charge in [0.25, 0.3) is 0 Å². The highest BCUT2D eigenvalue weighted by molar-refractivity contribution is 5.55. The number of nitrogens with zero attached hydrogens (tertiary/aromatic N) is 2. The first-order valence-corrected chi connectivity index (χ1v) is 6.38. The molecule has 2 rings (SSSR count). The third-order valence-corrected chi connectivity index (χ3v) is 3.40. The van der Waals surface area contributed by atoms with Crippen molar-refractivity contribution in [2.75, 3.05) is 0 Å². The molecule has 19 heavy (non-hydrogen) atoms.